The third kappa shape index (κ3) is 4.55. The van der Waals surface area contributed by atoms with Gasteiger partial charge in [-0.05, 0) is 37.3 Å². The smallest absolute Gasteiger partial charge is 0.265 e. The highest BCUT2D eigenvalue weighted by molar-refractivity contribution is 7.89. The van der Waals surface area contributed by atoms with E-state index >= 15 is 0 Å². The van der Waals surface area contributed by atoms with E-state index < -0.39 is 33.7 Å². The number of sulfonamides is 1. The molecule has 2 rings (SSSR count). The summed E-state index contributed by atoms with van der Waals surface area (Å²) in [6, 6.07) is 8.67. The van der Waals surface area contributed by atoms with E-state index in [1.165, 1.54) is 51.4 Å². The van der Waals surface area contributed by atoms with Crippen molar-refractivity contribution in [2.45, 2.75) is 17.9 Å². The average Bonchev–Trinajstić information content (AvgIpc) is 2.58. The molecule has 0 fully saturated rings. The highest BCUT2D eigenvalue weighted by Gasteiger charge is 2.19. The molecule has 9 heteroatoms. The maximum Gasteiger partial charge on any atom is 0.265 e. The number of anilines is 1. The van der Waals surface area contributed by atoms with Gasteiger partial charge in [0, 0.05) is 25.8 Å². The third-order valence-corrected chi connectivity index (χ3v) is 5.26. The number of carbonyl (C=O) groups excluding carboxylic acids is 1. The van der Waals surface area contributed by atoms with Gasteiger partial charge in [0.25, 0.3) is 5.91 Å². The van der Waals surface area contributed by atoms with Crippen LogP contribution in [0.1, 0.15) is 6.92 Å². The van der Waals surface area contributed by atoms with Crippen molar-refractivity contribution < 1.29 is 26.7 Å². The zero-order valence-electron chi connectivity index (χ0n) is 14.4. The van der Waals surface area contributed by atoms with Crippen LogP contribution in [0, 0.1) is 11.6 Å². The highest BCUT2D eigenvalue weighted by atomic mass is 32.2. The molecule has 1 N–H and O–H groups in total. The molecule has 0 aliphatic rings. The first-order valence-electron chi connectivity index (χ1n) is 7.56. The summed E-state index contributed by atoms with van der Waals surface area (Å²) in [4.78, 5) is 12.2. The molecular formula is C17H18F2N2O4S. The van der Waals surface area contributed by atoms with Crippen LogP contribution in [0.2, 0.25) is 0 Å². The number of hydrogen-bond donors (Lipinski definition) is 1. The lowest BCUT2D eigenvalue weighted by molar-refractivity contribution is -0.122. The van der Waals surface area contributed by atoms with E-state index in [-0.39, 0.29) is 16.3 Å². The summed E-state index contributed by atoms with van der Waals surface area (Å²) in [7, 11) is -0.837. The van der Waals surface area contributed by atoms with Crippen LogP contribution >= 0.6 is 0 Å². The summed E-state index contributed by atoms with van der Waals surface area (Å²) in [6.45, 7) is 1.43. The SMILES string of the molecule is CC(Oc1ccc(F)c(F)c1)C(=O)Nc1cccc(S(=O)(=O)N(C)C)c1. The Bertz CT molecular complexity index is 917. The molecule has 0 saturated heterocycles. The molecule has 0 radical (unpaired) electrons. The summed E-state index contributed by atoms with van der Waals surface area (Å²) in [5.41, 5.74) is 0.263. The van der Waals surface area contributed by atoms with Crippen molar-refractivity contribution in [3.05, 3.63) is 54.1 Å². The molecule has 2 aromatic carbocycles. The molecule has 0 aromatic heterocycles. The van der Waals surface area contributed by atoms with Crippen LogP contribution in [-0.4, -0.2) is 38.8 Å². The first-order chi connectivity index (χ1) is 12.1. The predicted octanol–water partition coefficient (Wildman–Crippen LogP) is 2.62. The van der Waals surface area contributed by atoms with Gasteiger partial charge in [0.15, 0.2) is 17.7 Å². The van der Waals surface area contributed by atoms with Gasteiger partial charge in [-0.15, -0.1) is 0 Å². The number of ether oxygens (including phenoxy) is 1. The van der Waals surface area contributed by atoms with Crippen LogP contribution in [0.15, 0.2) is 47.4 Å². The van der Waals surface area contributed by atoms with Gasteiger partial charge in [0.05, 0.1) is 4.90 Å². The van der Waals surface area contributed by atoms with Crippen LogP contribution < -0.4 is 10.1 Å². The Balaban J connectivity index is 2.10. The van der Waals surface area contributed by atoms with Crippen LogP contribution in [0.5, 0.6) is 5.75 Å². The summed E-state index contributed by atoms with van der Waals surface area (Å²) in [5, 5.41) is 2.52. The minimum atomic E-state index is -3.64. The fourth-order valence-corrected chi connectivity index (χ4v) is 2.94. The number of nitrogens with zero attached hydrogens (tertiary/aromatic N) is 1. The van der Waals surface area contributed by atoms with Crippen LogP contribution in [0.3, 0.4) is 0 Å². The lowest BCUT2D eigenvalue weighted by Gasteiger charge is -2.16. The Hall–Kier alpha value is -2.52. The molecule has 1 amide bonds. The first-order valence-corrected chi connectivity index (χ1v) is 9.00. The van der Waals surface area contributed by atoms with Crippen molar-refractivity contribution in [2.24, 2.45) is 0 Å². The van der Waals surface area contributed by atoms with Gasteiger partial charge in [0.1, 0.15) is 5.75 Å². The van der Waals surface area contributed by atoms with E-state index in [0.717, 1.165) is 16.4 Å². The van der Waals surface area contributed by atoms with Crippen molar-refractivity contribution in [1.29, 1.82) is 0 Å². The lowest BCUT2D eigenvalue weighted by atomic mass is 10.3. The number of rotatable bonds is 6. The van der Waals surface area contributed by atoms with Crippen molar-refractivity contribution in [1.82, 2.24) is 4.31 Å². The van der Waals surface area contributed by atoms with Crippen LogP contribution in [0.4, 0.5) is 14.5 Å². The molecule has 0 spiro atoms. The molecule has 1 atom stereocenters. The highest BCUT2D eigenvalue weighted by Crippen LogP contribution is 2.20. The largest absolute Gasteiger partial charge is 0.481 e. The first kappa shape index (κ1) is 19.8. The molecule has 6 nitrogen and oxygen atoms in total. The Morgan fingerprint density at radius 3 is 2.42 bits per heavy atom. The average molecular weight is 384 g/mol. The second kappa shape index (κ2) is 7.79. The minimum absolute atomic E-state index is 0.00418. The quantitative estimate of drug-likeness (QED) is 0.831. The topological polar surface area (TPSA) is 75.7 Å². The fraction of sp³-hybridized carbons (Fsp3) is 0.235. The molecule has 0 saturated carbocycles. The van der Waals surface area contributed by atoms with Gasteiger partial charge in [-0.2, -0.15) is 0 Å². The zero-order chi connectivity index (χ0) is 19.5. The van der Waals surface area contributed by atoms with Gasteiger partial charge in [-0.1, -0.05) is 6.07 Å². The molecule has 0 bridgehead atoms. The fourth-order valence-electron chi connectivity index (χ4n) is 2.00. The van der Waals surface area contributed by atoms with Gasteiger partial charge in [-0.25, -0.2) is 21.5 Å². The number of carbonyl (C=O) groups is 1. The number of amides is 1. The zero-order valence-corrected chi connectivity index (χ0v) is 15.2. The molecule has 2 aromatic rings. The number of benzene rings is 2. The van der Waals surface area contributed by atoms with Crippen molar-refractivity contribution in [2.75, 3.05) is 19.4 Å². The molecule has 1 unspecified atom stereocenters. The Labute approximate surface area is 150 Å². The summed E-state index contributed by atoms with van der Waals surface area (Å²) in [6.07, 6.45) is -1.02. The van der Waals surface area contributed by atoms with E-state index in [9.17, 15) is 22.0 Å². The molecule has 0 heterocycles. The van der Waals surface area contributed by atoms with E-state index in [4.69, 9.17) is 4.74 Å². The van der Waals surface area contributed by atoms with Gasteiger partial charge < -0.3 is 10.1 Å². The monoisotopic (exact) mass is 384 g/mol. The van der Waals surface area contributed by atoms with Crippen molar-refractivity contribution in [3.63, 3.8) is 0 Å². The normalized spacial score (nSPS) is 12.7. The standard InChI is InChI=1S/C17H18F2N2O4S/c1-11(25-13-7-8-15(18)16(19)10-13)17(22)20-12-5-4-6-14(9-12)26(23,24)21(2)3/h4-11H,1-3H3,(H,20,22). The number of nitrogens with one attached hydrogen (secondary N) is 1. The van der Waals surface area contributed by atoms with Gasteiger partial charge >= 0.3 is 0 Å². The second-order valence-corrected chi connectivity index (χ2v) is 7.79. The Morgan fingerprint density at radius 1 is 1.12 bits per heavy atom. The Morgan fingerprint density at radius 2 is 1.81 bits per heavy atom. The lowest BCUT2D eigenvalue weighted by Crippen LogP contribution is -2.30. The number of hydrogen-bond acceptors (Lipinski definition) is 4. The maximum atomic E-state index is 13.2. The molecule has 26 heavy (non-hydrogen) atoms. The summed E-state index contributed by atoms with van der Waals surface area (Å²) in [5.74, 6) is -2.69. The van der Waals surface area contributed by atoms with E-state index in [2.05, 4.69) is 5.32 Å². The Kier molecular flexibility index (Phi) is 5.94. The van der Waals surface area contributed by atoms with Crippen molar-refractivity contribution in [3.8, 4) is 5.75 Å². The predicted molar refractivity (Wildman–Crippen MR) is 92.4 cm³/mol. The van der Waals surface area contributed by atoms with Gasteiger partial charge in [0.2, 0.25) is 10.0 Å². The number of halogens is 2. The van der Waals surface area contributed by atoms with E-state index in [1.54, 1.807) is 0 Å². The van der Waals surface area contributed by atoms with E-state index in [0.29, 0.717) is 0 Å². The second-order valence-electron chi connectivity index (χ2n) is 5.64. The van der Waals surface area contributed by atoms with Crippen LogP contribution in [-0.2, 0) is 14.8 Å². The molecular weight excluding hydrogens is 366 g/mol. The van der Waals surface area contributed by atoms with Gasteiger partial charge in [-0.3, -0.25) is 4.79 Å². The molecule has 140 valence electrons. The molecule has 0 aliphatic carbocycles. The van der Waals surface area contributed by atoms with Crippen molar-refractivity contribution >= 4 is 21.6 Å². The van der Waals surface area contributed by atoms with Crippen LogP contribution in [0.25, 0.3) is 0 Å². The summed E-state index contributed by atoms with van der Waals surface area (Å²) < 4.78 is 56.7. The summed E-state index contributed by atoms with van der Waals surface area (Å²) >= 11 is 0. The maximum absolute atomic E-state index is 13.2. The minimum Gasteiger partial charge on any atom is -0.481 e. The molecule has 0 aliphatic heterocycles. The van der Waals surface area contributed by atoms with E-state index in [1.807, 2.05) is 0 Å². The third-order valence-electron chi connectivity index (χ3n) is 3.45.